The van der Waals surface area contributed by atoms with Crippen LogP contribution in [-0.4, -0.2) is 37.8 Å². The van der Waals surface area contributed by atoms with Gasteiger partial charge in [0.1, 0.15) is 11.8 Å². The summed E-state index contributed by atoms with van der Waals surface area (Å²) in [5, 5.41) is 5.89. The molecule has 5 nitrogen and oxygen atoms in total. The summed E-state index contributed by atoms with van der Waals surface area (Å²) in [6.45, 7) is 1.79. The molecule has 1 aromatic rings. The van der Waals surface area contributed by atoms with E-state index in [2.05, 4.69) is 15.4 Å². The van der Waals surface area contributed by atoms with Gasteiger partial charge in [-0.15, -0.1) is 0 Å². The van der Waals surface area contributed by atoms with Crippen molar-refractivity contribution in [3.8, 4) is 5.75 Å². The molecule has 1 fully saturated rings. The van der Waals surface area contributed by atoms with Crippen LogP contribution in [0, 0.1) is 0 Å². The molecule has 1 aromatic carbocycles. The lowest BCUT2D eigenvalue weighted by Crippen LogP contribution is -2.55. The molecule has 0 spiro atoms. The van der Waals surface area contributed by atoms with E-state index in [1.165, 1.54) is 6.07 Å². The maximum atomic E-state index is 12.4. The van der Waals surface area contributed by atoms with E-state index in [1.54, 1.807) is 25.1 Å². The number of hydrogen-bond donors (Lipinski definition) is 2. The van der Waals surface area contributed by atoms with E-state index in [4.69, 9.17) is 4.74 Å². The zero-order valence-corrected chi connectivity index (χ0v) is 12.5. The van der Waals surface area contributed by atoms with Crippen molar-refractivity contribution in [1.29, 1.82) is 0 Å². The van der Waals surface area contributed by atoms with Gasteiger partial charge in [0, 0.05) is 12.1 Å². The summed E-state index contributed by atoms with van der Waals surface area (Å²) >= 11 is 0. The number of morpholine rings is 1. The Hall–Kier alpha value is -1.73. The third-order valence-corrected chi connectivity index (χ3v) is 3.56. The number of hydrogen-bond acceptors (Lipinski definition) is 4. The zero-order chi connectivity index (χ0) is 16.1. The number of nitrogens with one attached hydrogen (secondary N) is 2. The Labute approximate surface area is 128 Å². The molecule has 22 heavy (non-hydrogen) atoms. The summed E-state index contributed by atoms with van der Waals surface area (Å²) in [7, 11) is 0. The van der Waals surface area contributed by atoms with E-state index in [1.807, 2.05) is 6.92 Å². The van der Waals surface area contributed by atoms with Crippen molar-refractivity contribution in [3.63, 3.8) is 0 Å². The highest BCUT2D eigenvalue weighted by Gasteiger charge is 2.29. The predicted molar refractivity (Wildman–Crippen MR) is 76.8 cm³/mol. The lowest BCUT2D eigenvalue weighted by molar-refractivity contribution is -0.129. The normalized spacial score (nSPS) is 23.1. The third kappa shape index (κ3) is 4.14. The van der Waals surface area contributed by atoms with Crippen LogP contribution in [0.4, 0.5) is 8.78 Å². The van der Waals surface area contributed by atoms with Gasteiger partial charge in [-0.05, 0) is 19.9 Å². The first-order valence-corrected chi connectivity index (χ1v) is 7.18. The molecule has 3 atom stereocenters. The molecule has 122 valence electrons. The molecule has 0 radical (unpaired) electrons. The number of benzene rings is 1. The molecule has 1 amide bonds. The zero-order valence-electron chi connectivity index (χ0n) is 12.5. The van der Waals surface area contributed by atoms with Gasteiger partial charge in [0.05, 0.1) is 18.8 Å². The van der Waals surface area contributed by atoms with Crippen LogP contribution in [0.5, 0.6) is 5.75 Å². The topological polar surface area (TPSA) is 59.6 Å². The molecule has 1 aliphatic rings. The summed E-state index contributed by atoms with van der Waals surface area (Å²) in [5.41, 5.74) is 0.500. The van der Waals surface area contributed by atoms with Crippen LogP contribution in [0.1, 0.15) is 25.5 Å². The van der Waals surface area contributed by atoms with Crippen molar-refractivity contribution in [2.75, 3.05) is 13.2 Å². The molecule has 7 heteroatoms. The van der Waals surface area contributed by atoms with Gasteiger partial charge in [-0.3, -0.25) is 4.79 Å². The van der Waals surface area contributed by atoms with Crippen LogP contribution in [0.2, 0.25) is 0 Å². The molecular formula is C15H20F2N2O3. The predicted octanol–water partition coefficient (Wildman–Crippen LogP) is 1.84. The average molecular weight is 314 g/mol. The molecule has 0 saturated carbocycles. The number of rotatable bonds is 5. The van der Waals surface area contributed by atoms with Crippen molar-refractivity contribution in [2.24, 2.45) is 0 Å². The molecule has 0 aliphatic carbocycles. The van der Waals surface area contributed by atoms with Crippen molar-refractivity contribution in [1.82, 2.24) is 10.6 Å². The van der Waals surface area contributed by atoms with E-state index in [-0.39, 0.29) is 17.8 Å². The maximum absolute atomic E-state index is 12.4. The highest BCUT2D eigenvalue weighted by atomic mass is 19.3. The number of halogens is 2. The third-order valence-electron chi connectivity index (χ3n) is 3.56. The smallest absolute Gasteiger partial charge is 0.387 e. The fourth-order valence-corrected chi connectivity index (χ4v) is 2.45. The first-order chi connectivity index (χ1) is 10.5. The average Bonchev–Trinajstić information content (AvgIpc) is 2.47. The van der Waals surface area contributed by atoms with Crippen LogP contribution in [-0.2, 0) is 9.53 Å². The van der Waals surface area contributed by atoms with Crippen LogP contribution in [0.3, 0.4) is 0 Å². The minimum atomic E-state index is -2.91. The number of alkyl halides is 2. The number of ether oxygens (including phenoxy) is 2. The van der Waals surface area contributed by atoms with Crippen LogP contribution in [0.25, 0.3) is 0 Å². The minimum absolute atomic E-state index is 0.0613. The second-order valence-corrected chi connectivity index (χ2v) is 5.15. The second kappa shape index (κ2) is 7.51. The van der Waals surface area contributed by atoms with Gasteiger partial charge < -0.3 is 20.1 Å². The lowest BCUT2D eigenvalue weighted by Gasteiger charge is -2.30. The van der Waals surface area contributed by atoms with Gasteiger partial charge in [0.15, 0.2) is 0 Å². The van der Waals surface area contributed by atoms with E-state index < -0.39 is 18.7 Å². The summed E-state index contributed by atoms with van der Waals surface area (Å²) in [5.74, 6) is -0.169. The molecule has 2 N–H and O–H groups in total. The molecular weight excluding hydrogens is 294 g/mol. The second-order valence-electron chi connectivity index (χ2n) is 5.15. The number of carbonyl (C=O) groups is 1. The molecule has 2 rings (SSSR count). The minimum Gasteiger partial charge on any atom is -0.434 e. The summed E-state index contributed by atoms with van der Waals surface area (Å²) in [4.78, 5) is 12.3. The maximum Gasteiger partial charge on any atom is 0.387 e. The lowest BCUT2D eigenvalue weighted by atomic mass is 10.1. The van der Waals surface area contributed by atoms with Crippen molar-refractivity contribution in [2.45, 2.75) is 38.6 Å². The summed E-state index contributed by atoms with van der Waals surface area (Å²) < 4.78 is 34.8. The van der Waals surface area contributed by atoms with Crippen LogP contribution < -0.4 is 15.4 Å². The first kappa shape index (κ1) is 16.6. The number of carbonyl (C=O) groups excluding carboxylic acids is 1. The Morgan fingerprint density at radius 2 is 2.18 bits per heavy atom. The Morgan fingerprint density at radius 1 is 1.45 bits per heavy atom. The van der Waals surface area contributed by atoms with Crippen LogP contribution >= 0.6 is 0 Å². The summed E-state index contributed by atoms with van der Waals surface area (Å²) in [6, 6.07) is 5.50. The van der Waals surface area contributed by atoms with E-state index >= 15 is 0 Å². The molecule has 1 saturated heterocycles. The van der Waals surface area contributed by atoms with Crippen LogP contribution in [0.15, 0.2) is 24.3 Å². The molecule has 1 unspecified atom stereocenters. The summed E-state index contributed by atoms with van der Waals surface area (Å²) in [6.07, 6.45) is -0.242. The fraction of sp³-hybridized carbons (Fsp3) is 0.533. The van der Waals surface area contributed by atoms with E-state index in [0.717, 1.165) is 0 Å². The van der Waals surface area contributed by atoms with Gasteiger partial charge in [-0.25, -0.2) is 0 Å². The largest absolute Gasteiger partial charge is 0.434 e. The number of amides is 1. The molecule has 1 heterocycles. The SMILES string of the molecule is CC(NC(=O)[C@H]1NCCO[C@@H]1C)c1ccccc1OC(F)F. The van der Waals surface area contributed by atoms with Gasteiger partial charge in [-0.1, -0.05) is 18.2 Å². The standard InChI is InChI=1S/C15H20F2N2O3/c1-9(11-5-3-4-6-12(11)22-15(16)17)19-14(20)13-10(2)21-8-7-18-13/h3-6,9-10,13,15,18H,7-8H2,1-2H3,(H,19,20)/t9?,10-,13+/m1/s1. The Kier molecular flexibility index (Phi) is 5.68. The van der Waals surface area contributed by atoms with Gasteiger partial charge in [-0.2, -0.15) is 8.78 Å². The monoisotopic (exact) mass is 314 g/mol. The molecule has 0 aromatic heterocycles. The molecule has 1 aliphatic heterocycles. The molecule has 0 bridgehead atoms. The highest BCUT2D eigenvalue weighted by molar-refractivity contribution is 5.83. The highest BCUT2D eigenvalue weighted by Crippen LogP contribution is 2.26. The first-order valence-electron chi connectivity index (χ1n) is 7.18. The van der Waals surface area contributed by atoms with Crippen molar-refractivity contribution < 1.29 is 23.0 Å². The Balaban J connectivity index is 2.05. The van der Waals surface area contributed by atoms with Gasteiger partial charge in [0.2, 0.25) is 5.91 Å². The quantitative estimate of drug-likeness (QED) is 0.871. The van der Waals surface area contributed by atoms with Crippen molar-refractivity contribution >= 4 is 5.91 Å². The number of para-hydroxylation sites is 1. The van der Waals surface area contributed by atoms with Gasteiger partial charge in [0.25, 0.3) is 0 Å². The Morgan fingerprint density at radius 3 is 2.86 bits per heavy atom. The fourth-order valence-electron chi connectivity index (χ4n) is 2.45. The Bertz CT molecular complexity index is 513. The van der Waals surface area contributed by atoms with Gasteiger partial charge >= 0.3 is 6.61 Å². The van der Waals surface area contributed by atoms with E-state index in [9.17, 15) is 13.6 Å². The van der Waals surface area contributed by atoms with Crippen molar-refractivity contribution in [3.05, 3.63) is 29.8 Å². The van der Waals surface area contributed by atoms with E-state index in [0.29, 0.717) is 18.7 Å².